The van der Waals surface area contributed by atoms with Crippen molar-refractivity contribution in [3.63, 3.8) is 0 Å². The predicted molar refractivity (Wildman–Crippen MR) is 72.4 cm³/mol. The van der Waals surface area contributed by atoms with Crippen LogP contribution in [-0.2, 0) is 0 Å². The highest BCUT2D eigenvalue weighted by molar-refractivity contribution is 5.86. The minimum absolute atomic E-state index is 0.121. The normalized spacial score (nSPS) is 23.8. The molecule has 2 unspecified atom stereocenters. The van der Waals surface area contributed by atoms with Gasteiger partial charge in [-0.2, -0.15) is 0 Å². The van der Waals surface area contributed by atoms with Crippen molar-refractivity contribution in [2.24, 2.45) is 5.92 Å². The van der Waals surface area contributed by atoms with Gasteiger partial charge in [0.05, 0.1) is 11.7 Å². The summed E-state index contributed by atoms with van der Waals surface area (Å²) in [7, 11) is 0. The quantitative estimate of drug-likeness (QED) is 0.907. The molecule has 2 atom stereocenters. The van der Waals surface area contributed by atoms with E-state index >= 15 is 0 Å². The van der Waals surface area contributed by atoms with Gasteiger partial charge in [0, 0.05) is 0 Å². The van der Waals surface area contributed by atoms with Crippen LogP contribution in [0.4, 0.5) is 0 Å². The lowest BCUT2D eigenvalue weighted by atomic mass is 9.82. The van der Waals surface area contributed by atoms with Gasteiger partial charge in [-0.05, 0) is 24.7 Å². The highest BCUT2D eigenvalue weighted by Crippen LogP contribution is 2.37. The molecular weight excluding hydrogens is 242 g/mol. The van der Waals surface area contributed by atoms with Gasteiger partial charge in [-0.15, -0.1) is 5.10 Å². The Morgan fingerprint density at radius 1 is 1.42 bits per heavy atom. The lowest BCUT2D eigenvalue weighted by Crippen LogP contribution is -2.26. The molecule has 0 bridgehead atoms. The van der Waals surface area contributed by atoms with Gasteiger partial charge >= 0.3 is 5.97 Å². The summed E-state index contributed by atoms with van der Waals surface area (Å²) in [6, 6.07) is 0.316. The number of hydrogen-bond donors (Lipinski definition) is 1. The van der Waals surface area contributed by atoms with E-state index in [2.05, 4.69) is 17.2 Å². The highest BCUT2D eigenvalue weighted by atomic mass is 16.4. The summed E-state index contributed by atoms with van der Waals surface area (Å²) in [5.41, 5.74) is 0.897. The maximum absolute atomic E-state index is 11.3. The van der Waals surface area contributed by atoms with Crippen molar-refractivity contribution in [1.82, 2.24) is 15.0 Å². The van der Waals surface area contributed by atoms with E-state index in [0.29, 0.717) is 12.0 Å². The largest absolute Gasteiger partial charge is 0.476 e. The SMILES string of the molecule is CCC1CCCCC1n1nnc(C(=O)O)c1C(C)C. The molecule has 0 spiro atoms. The molecule has 1 aromatic rings. The Bertz CT molecular complexity index is 454. The van der Waals surface area contributed by atoms with Crippen molar-refractivity contribution in [3.8, 4) is 0 Å². The number of aromatic carboxylic acids is 1. The summed E-state index contributed by atoms with van der Waals surface area (Å²) in [5, 5.41) is 17.3. The molecule has 5 nitrogen and oxygen atoms in total. The van der Waals surface area contributed by atoms with E-state index in [0.717, 1.165) is 18.5 Å². The number of carbonyl (C=O) groups is 1. The second-order valence-corrected chi connectivity index (χ2v) is 5.75. The monoisotopic (exact) mass is 265 g/mol. The number of nitrogens with zero attached hydrogens (tertiary/aromatic N) is 3. The van der Waals surface area contributed by atoms with Crippen LogP contribution >= 0.6 is 0 Å². The van der Waals surface area contributed by atoms with Crippen LogP contribution < -0.4 is 0 Å². The topological polar surface area (TPSA) is 68.0 Å². The standard InChI is InChI=1S/C14H23N3O2/c1-4-10-7-5-6-8-11(10)17-13(9(2)3)12(14(18)19)15-16-17/h9-11H,4-8H2,1-3H3,(H,18,19). The van der Waals surface area contributed by atoms with Crippen molar-refractivity contribution >= 4 is 5.97 Å². The Morgan fingerprint density at radius 3 is 2.68 bits per heavy atom. The first-order valence-corrected chi connectivity index (χ1v) is 7.24. The molecule has 0 aliphatic heterocycles. The molecule has 1 heterocycles. The Balaban J connectivity index is 2.40. The molecule has 1 fully saturated rings. The second-order valence-electron chi connectivity index (χ2n) is 5.75. The van der Waals surface area contributed by atoms with Gasteiger partial charge in [0.1, 0.15) is 0 Å². The molecule has 1 aliphatic carbocycles. The Morgan fingerprint density at radius 2 is 2.11 bits per heavy atom. The van der Waals surface area contributed by atoms with E-state index in [9.17, 15) is 9.90 Å². The third kappa shape index (κ3) is 2.65. The van der Waals surface area contributed by atoms with E-state index in [4.69, 9.17) is 0 Å². The number of aromatic nitrogens is 3. The van der Waals surface area contributed by atoms with E-state index < -0.39 is 5.97 Å². The molecule has 0 amide bonds. The summed E-state index contributed by atoms with van der Waals surface area (Å²) < 4.78 is 1.90. The first-order valence-electron chi connectivity index (χ1n) is 7.24. The van der Waals surface area contributed by atoms with Crippen LogP contribution in [0, 0.1) is 5.92 Å². The highest BCUT2D eigenvalue weighted by Gasteiger charge is 2.31. The van der Waals surface area contributed by atoms with Crippen LogP contribution in [0.15, 0.2) is 0 Å². The molecule has 2 rings (SSSR count). The zero-order valence-corrected chi connectivity index (χ0v) is 12.0. The van der Waals surface area contributed by atoms with Gasteiger partial charge in [0.25, 0.3) is 0 Å². The van der Waals surface area contributed by atoms with E-state index in [1.807, 2.05) is 18.5 Å². The average Bonchev–Trinajstić information content (AvgIpc) is 2.83. The maximum atomic E-state index is 11.3. The molecule has 0 saturated heterocycles. The van der Waals surface area contributed by atoms with Crippen molar-refractivity contribution < 1.29 is 9.90 Å². The third-order valence-electron chi connectivity index (χ3n) is 4.19. The van der Waals surface area contributed by atoms with Crippen molar-refractivity contribution in [3.05, 3.63) is 11.4 Å². The molecule has 1 aromatic heterocycles. The van der Waals surface area contributed by atoms with Crippen LogP contribution in [-0.4, -0.2) is 26.1 Å². The van der Waals surface area contributed by atoms with Crippen LogP contribution in [0.25, 0.3) is 0 Å². The lowest BCUT2D eigenvalue weighted by Gasteiger charge is -2.32. The minimum Gasteiger partial charge on any atom is -0.476 e. The molecule has 19 heavy (non-hydrogen) atoms. The fourth-order valence-corrected chi connectivity index (χ4v) is 3.22. The van der Waals surface area contributed by atoms with Gasteiger partial charge < -0.3 is 5.11 Å². The number of hydrogen-bond acceptors (Lipinski definition) is 3. The van der Waals surface area contributed by atoms with Gasteiger partial charge in [-0.25, -0.2) is 9.48 Å². The molecule has 106 valence electrons. The zero-order valence-electron chi connectivity index (χ0n) is 12.0. The van der Waals surface area contributed by atoms with Crippen LogP contribution in [0.5, 0.6) is 0 Å². The predicted octanol–water partition coefficient (Wildman–Crippen LogP) is 3.24. The van der Waals surface area contributed by atoms with Crippen LogP contribution in [0.2, 0.25) is 0 Å². The van der Waals surface area contributed by atoms with Crippen molar-refractivity contribution in [2.75, 3.05) is 0 Å². The van der Waals surface area contributed by atoms with E-state index in [1.165, 1.54) is 19.3 Å². The molecule has 5 heteroatoms. The summed E-state index contributed by atoms with van der Waals surface area (Å²) in [5.74, 6) is -0.256. The maximum Gasteiger partial charge on any atom is 0.358 e. The fraction of sp³-hybridized carbons (Fsp3) is 0.786. The summed E-state index contributed by atoms with van der Waals surface area (Å²) in [6.45, 7) is 6.21. The van der Waals surface area contributed by atoms with Crippen molar-refractivity contribution in [1.29, 1.82) is 0 Å². The molecule has 0 radical (unpaired) electrons. The van der Waals surface area contributed by atoms with Gasteiger partial charge in [0.2, 0.25) is 0 Å². The summed E-state index contributed by atoms with van der Waals surface area (Å²) >= 11 is 0. The number of rotatable bonds is 4. The van der Waals surface area contributed by atoms with E-state index in [-0.39, 0.29) is 11.6 Å². The van der Waals surface area contributed by atoms with Gasteiger partial charge in [0.15, 0.2) is 5.69 Å². The fourth-order valence-electron chi connectivity index (χ4n) is 3.22. The Labute approximate surface area is 114 Å². The van der Waals surface area contributed by atoms with Gasteiger partial charge in [-0.3, -0.25) is 0 Å². The second kappa shape index (κ2) is 5.72. The molecule has 1 N–H and O–H groups in total. The first kappa shape index (κ1) is 14.0. The number of carboxylic acids is 1. The lowest BCUT2D eigenvalue weighted by molar-refractivity contribution is 0.0688. The average molecular weight is 265 g/mol. The molecule has 0 aromatic carbocycles. The van der Waals surface area contributed by atoms with Crippen molar-refractivity contribution in [2.45, 2.75) is 64.8 Å². The van der Waals surface area contributed by atoms with E-state index in [1.54, 1.807) is 0 Å². The van der Waals surface area contributed by atoms with Gasteiger partial charge in [-0.1, -0.05) is 45.2 Å². The molecule has 1 saturated carbocycles. The molecular formula is C14H23N3O2. The zero-order chi connectivity index (χ0) is 14.0. The smallest absolute Gasteiger partial charge is 0.358 e. The summed E-state index contributed by atoms with van der Waals surface area (Å²) in [4.78, 5) is 11.3. The Hall–Kier alpha value is -1.39. The number of carboxylic acid groups (broad SMARTS) is 1. The third-order valence-corrected chi connectivity index (χ3v) is 4.19. The van der Waals surface area contributed by atoms with Crippen LogP contribution in [0.3, 0.4) is 0 Å². The summed E-state index contributed by atoms with van der Waals surface area (Å²) in [6.07, 6.45) is 5.87. The Kier molecular flexibility index (Phi) is 4.22. The first-order chi connectivity index (χ1) is 9.06. The minimum atomic E-state index is -0.973. The molecule has 1 aliphatic rings. The van der Waals surface area contributed by atoms with Crippen LogP contribution in [0.1, 0.15) is 81.0 Å².